The molecule has 1 atom stereocenters. The minimum atomic E-state index is -3.61. The minimum absolute atomic E-state index is 0.0221. The third-order valence-electron chi connectivity index (χ3n) is 3.78. The Morgan fingerprint density at radius 2 is 1.88 bits per heavy atom. The van der Waals surface area contributed by atoms with Gasteiger partial charge in [0.1, 0.15) is 35.8 Å². The zero-order chi connectivity index (χ0) is 19.0. The van der Waals surface area contributed by atoms with Crippen LogP contribution in [0.25, 0.3) is 0 Å². The van der Waals surface area contributed by atoms with Gasteiger partial charge in [-0.15, -0.1) is 0 Å². The first-order valence-electron chi connectivity index (χ1n) is 7.98. The van der Waals surface area contributed by atoms with Crippen molar-refractivity contribution in [2.24, 2.45) is 5.41 Å². The summed E-state index contributed by atoms with van der Waals surface area (Å²) >= 11 is 0. The largest absolute Gasteiger partial charge is 0.491 e. The van der Waals surface area contributed by atoms with Crippen LogP contribution in [-0.2, 0) is 33.7 Å². The molecule has 0 N–H and O–H groups in total. The van der Waals surface area contributed by atoms with Crippen molar-refractivity contribution in [1.29, 1.82) is 0 Å². The van der Waals surface area contributed by atoms with Crippen molar-refractivity contribution in [3.8, 4) is 0 Å². The van der Waals surface area contributed by atoms with Crippen molar-refractivity contribution < 1.29 is 32.3 Å². The molecule has 0 unspecified atom stereocenters. The summed E-state index contributed by atoms with van der Waals surface area (Å²) in [7, 11) is -3.61. The first-order chi connectivity index (χ1) is 11.4. The molecule has 0 spiro atoms. The molecule has 0 radical (unpaired) electrons. The first-order valence-corrected chi connectivity index (χ1v) is 9.70. The van der Waals surface area contributed by atoms with E-state index in [1.165, 1.54) is 6.92 Å². The Kier molecular flexibility index (Phi) is 5.27. The molecule has 1 fully saturated rings. The molecule has 8 nitrogen and oxygen atoms in total. The molecule has 0 aromatic carbocycles. The van der Waals surface area contributed by atoms with Gasteiger partial charge in [-0.25, -0.2) is 8.42 Å². The zero-order valence-corrected chi connectivity index (χ0v) is 15.6. The molecule has 2 heterocycles. The second-order valence-corrected chi connectivity index (χ2v) is 9.51. The van der Waals surface area contributed by atoms with Gasteiger partial charge in [0, 0.05) is 13.3 Å². The second kappa shape index (κ2) is 6.78. The summed E-state index contributed by atoms with van der Waals surface area (Å²) in [5, 5.41) is -0.986. The number of β-lactam (4-membered cyclic amide) rings is 1. The summed E-state index contributed by atoms with van der Waals surface area (Å²) in [6, 6.07) is 0. The highest BCUT2D eigenvalue weighted by Crippen LogP contribution is 2.38. The Balaban J connectivity index is 2.30. The molecule has 25 heavy (non-hydrogen) atoms. The molecule has 140 valence electrons. The van der Waals surface area contributed by atoms with Crippen molar-refractivity contribution >= 4 is 27.5 Å². The molecule has 0 aliphatic carbocycles. The van der Waals surface area contributed by atoms with Crippen molar-refractivity contribution in [1.82, 2.24) is 4.90 Å². The maximum atomic E-state index is 12.7. The smallest absolute Gasteiger partial charge is 0.302 e. The van der Waals surface area contributed by atoms with Crippen molar-refractivity contribution in [3.63, 3.8) is 0 Å². The van der Waals surface area contributed by atoms with Crippen LogP contribution in [0.2, 0.25) is 0 Å². The number of carbonyl (C=O) groups is 3. The topological polar surface area (TPSA) is 107 Å². The fraction of sp³-hybridized carbons (Fsp3) is 0.688. The first kappa shape index (κ1) is 19.4. The maximum absolute atomic E-state index is 12.7. The molecular formula is C16H23NO7S. The summed E-state index contributed by atoms with van der Waals surface area (Å²) in [4.78, 5) is 36.5. The fourth-order valence-electron chi connectivity index (χ4n) is 2.74. The second-order valence-electron chi connectivity index (χ2n) is 7.35. The van der Waals surface area contributed by atoms with Gasteiger partial charge in [0.15, 0.2) is 15.6 Å². The molecule has 2 aliphatic rings. The van der Waals surface area contributed by atoms with Gasteiger partial charge in [-0.3, -0.25) is 19.3 Å². The van der Waals surface area contributed by atoms with E-state index >= 15 is 0 Å². The SMILES string of the molecule is CC(=O)OCCOC1=C(C(=O)CC(C)(C)C)N2C(=O)C[C@H]2S(=O)(=O)C1. The Morgan fingerprint density at radius 1 is 1.24 bits per heavy atom. The third kappa shape index (κ3) is 4.39. The van der Waals surface area contributed by atoms with Crippen LogP contribution in [0.5, 0.6) is 0 Å². The summed E-state index contributed by atoms with van der Waals surface area (Å²) < 4.78 is 34.7. The number of ether oxygens (including phenoxy) is 2. The highest BCUT2D eigenvalue weighted by atomic mass is 32.2. The number of ketones is 1. The number of esters is 1. The molecule has 0 aromatic heterocycles. The number of rotatable bonds is 6. The number of hydrogen-bond acceptors (Lipinski definition) is 7. The number of nitrogens with zero attached hydrogens (tertiary/aromatic N) is 1. The van der Waals surface area contributed by atoms with Crippen LogP contribution in [0.1, 0.15) is 40.5 Å². The van der Waals surface area contributed by atoms with Gasteiger partial charge >= 0.3 is 5.97 Å². The van der Waals surface area contributed by atoms with Crippen LogP contribution in [0.15, 0.2) is 11.5 Å². The number of Topliss-reactive ketones (excluding diaryl/α,β-unsaturated/α-hetero) is 1. The van der Waals surface area contributed by atoms with E-state index in [9.17, 15) is 22.8 Å². The zero-order valence-electron chi connectivity index (χ0n) is 14.8. The molecule has 1 amide bonds. The van der Waals surface area contributed by atoms with E-state index in [1.807, 2.05) is 20.8 Å². The Morgan fingerprint density at radius 3 is 2.40 bits per heavy atom. The molecule has 0 saturated carbocycles. The maximum Gasteiger partial charge on any atom is 0.302 e. The van der Waals surface area contributed by atoms with Crippen LogP contribution in [0, 0.1) is 5.41 Å². The number of amides is 1. The third-order valence-corrected chi connectivity index (χ3v) is 5.65. The van der Waals surface area contributed by atoms with Gasteiger partial charge in [0.25, 0.3) is 0 Å². The van der Waals surface area contributed by atoms with Crippen molar-refractivity contribution in [2.75, 3.05) is 19.0 Å². The Bertz CT molecular complexity index is 730. The summed E-state index contributed by atoms with van der Waals surface area (Å²) in [5.41, 5.74) is -0.305. The van der Waals surface area contributed by atoms with Gasteiger partial charge in [0.05, 0.1) is 6.42 Å². The summed E-state index contributed by atoms with van der Waals surface area (Å²) in [5.74, 6) is -1.72. The summed E-state index contributed by atoms with van der Waals surface area (Å²) in [6.07, 6.45) is 0.0328. The predicted molar refractivity (Wildman–Crippen MR) is 87.7 cm³/mol. The van der Waals surface area contributed by atoms with Gasteiger partial charge < -0.3 is 9.47 Å². The predicted octanol–water partition coefficient (Wildman–Crippen LogP) is 0.770. The van der Waals surface area contributed by atoms with Crippen molar-refractivity contribution in [3.05, 3.63) is 11.5 Å². The lowest BCUT2D eigenvalue weighted by Crippen LogP contribution is -2.60. The molecule has 9 heteroatoms. The highest BCUT2D eigenvalue weighted by molar-refractivity contribution is 7.92. The fourth-order valence-corrected chi connectivity index (χ4v) is 4.46. The molecular weight excluding hydrogens is 350 g/mol. The van der Waals surface area contributed by atoms with Crippen LogP contribution < -0.4 is 0 Å². The van der Waals surface area contributed by atoms with Crippen molar-refractivity contribution in [2.45, 2.75) is 45.9 Å². The van der Waals surface area contributed by atoms with E-state index in [0.717, 1.165) is 4.90 Å². The van der Waals surface area contributed by atoms with Crippen LogP contribution >= 0.6 is 0 Å². The van der Waals surface area contributed by atoms with E-state index in [-0.39, 0.29) is 48.7 Å². The average Bonchev–Trinajstić information content (AvgIpc) is 2.42. The monoisotopic (exact) mass is 373 g/mol. The van der Waals surface area contributed by atoms with Gasteiger partial charge in [-0.1, -0.05) is 20.8 Å². The van der Waals surface area contributed by atoms with E-state index in [0.29, 0.717) is 0 Å². The number of fused-ring (bicyclic) bond motifs is 1. The van der Waals surface area contributed by atoms with Gasteiger partial charge in [-0.2, -0.15) is 0 Å². The lowest BCUT2D eigenvalue weighted by atomic mass is 9.88. The number of sulfone groups is 1. The molecule has 2 aliphatic heterocycles. The number of carbonyl (C=O) groups excluding carboxylic acids is 3. The average molecular weight is 373 g/mol. The quantitative estimate of drug-likeness (QED) is 0.384. The molecule has 2 rings (SSSR count). The van der Waals surface area contributed by atoms with E-state index in [2.05, 4.69) is 0 Å². The Hall–Kier alpha value is -1.90. The lowest BCUT2D eigenvalue weighted by Gasteiger charge is -2.44. The molecule has 0 bridgehead atoms. The van der Waals surface area contributed by atoms with Crippen LogP contribution in [-0.4, -0.2) is 55.3 Å². The molecule has 0 aromatic rings. The number of hydrogen-bond donors (Lipinski definition) is 0. The minimum Gasteiger partial charge on any atom is -0.491 e. The lowest BCUT2D eigenvalue weighted by molar-refractivity contribution is -0.142. The van der Waals surface area contributed by atoms with E-state index in [4.69, 9.17) is 9.47 Å². The molecule has 1 saturated heterocycles. The van der Waals surface area contributed by atoms with Crippen LogP contribution in [0.3, 0.4) is 0 Å². The van der Waals surface area contributed by atoms with E-state index in [1.54, 1.807) is 0 Å². The Labute approximate surface area is 147 Å². The number of allylic oxidation sites excluding steroid dienone is 1. The normalized spacial score (nSPS) is 22.2. The highest BCUT2D eigenvalue weighted by Gasteiger charge is 2.53. The summed E-state index contributed by atoms with van der Waals surface area (Å²) in [6.45, 7) is 6.71. The van der Waals surface area contributed by atoms with Crippen LogP contribution in [0.4, 0.5) is 0 Å². The van der Waals surface area contributed by atoms with Gasteiger partial charge in [0.2, 0.25) is 5.91 Å². The van der Waals surface area contributed by atoms with Gasteiger partial charge in [-0.05, 0) is 5.41 Å². The van der Waals surface area contributed by atoms with E-state index < -0.39 is 32.8 Å². The standard InChI is InChI=1S/C16H23NO7S/c1-10(18)23-5-6-24-12-9-25(21,22)14-7-13(20)17(14)15(12)11(19)8-16(2,3)4/h14H,5-9H2,1-4H3/t14-/m1/s1.